The number of pyridine rings is 1. The maximum atomic E-state index is 12.4. The maximum Gasteiger partial charge on any atom is 0.339 e. The molecule has 0 aliphatic carbocycles. The van der Waals surface area contributed by atoms with Gasteiger partial charge in [0.1, 0.15) is 17.1 Å². The van der Waals surface area contributed by atoms with E-state index in [1.807, 2.05) is 13.8 Å². The van der Waals surface area contributed by atoms with E-state index in [-0.39, 0.29) is 24.1 Å². The van der Waals surface area contributed by atoms with E-state index in [4.69, 9.17) is 14.3 Å². The van der Waals surface area contributed by atoms with E-state index in [0.717, 1.165) is 0 Å². The van der Waals surface area contributed by atoms with Gasteiger partial charge in [-0.05, 0) is 32.9 Å². The molecule has 7 nitrogen and oxygen atoms in total. The van der Waals surface area contributed by atoms with Gasteiger partial charge in [0.2, 0.25) is 5.88 Å². The van der Waals surface area contributed by atoms with E-state index in [1.54, 1.807) is 26.1 Å². The summed E-state index contributed by atoms with van der Waals surface area (Å²) < 4.78 is 10.8. The number of hydrogen-bond donors (Lipinski definition) is 1. The fourth-order valence-electron chi connectivity index (χ4n) is 2.18. The molecular weight excluding hydrogens is 312 g/mol. The Balaban J connectivity index is 2.06. The van der Waals surface area contributed by atoms with Crippen LogP contribution >= 0.6 is 0 Å². The number of furan rings is 1. The van der Waals surface area contributed by atoms with Crippen LogP contribution in [-0.4, -0.2) is 40.0 Å². The lowest BCUT2D eigenvalue weighted by atomic mass is 10.2. The van der Waals surface area contributed by atoms with Crippen molar-refractivity contribution in [2.45, 2.75) is 33.4 Å². The van der Waals surface area contributed by atoms with Crippen molar-refractivity contribution in [3.63, 3.8) is 0 Å². The molecule has 2 aromatic rings. The number of aromatic carboxylic acids is 1. The van der Waals surface area contributed by atoms with E-state index >= 15 is 0 Å². The zero-order valence-corrected chi connectivity index (χ0v) is 14.1. The first kappa shape index (κ1) is 17.5. The molecule has 128 valence electrons. The van der Waals surface area contributed by atoms with Crippen LogP contribution < -0.4 is 4.74 Å². The third-order valence-corrected chi connectivity index (χ3v) is 3.28. The topological polar surface area (TPSA) is 92.9 Å². The molecule has 0 aliphatic rings. The van der Waals surface area contributed by atoms with E-state index in [2.05, 4.69) is 4.98 Å². The second kappa shape index (κ2) is 7.16. The van der Waals surface area contributed by atoms with Gasteiger partial charge in [-0.15, -0.1) is 0 Å². The lowest BCUT2D eigenvalue weighted by Gasteiger charge is -2.16. The zero-order valence-electron chi connectivity index (χ0n) is 14.1. The Hall–Kier alpha value is -2.83. The monoisotopic (exact) mass is 332 g/mol. The molecule has 2 heterocycles. The van der Waals surface area contributed by atoms with Crippen molar-refractivity contribution in [3.05, 3.63) is 47.0 Å². The van der Waals surface area contributed by atoms with Crippen LogP contribution in [0.4, 0.5) is 0 Å². The van der Waals surface area contributed by atoms with Gasteiger partial charge in [-0.3, -0.25) is 4.79 Å². The first-order valence-electron chi connectivity index (χ1n) is 7.48. The Bertz CT molecular complexity index is 734. The molecule has 7 heteroatoms. The third kappa shape index (κ3) is 4.13. The molecule has 1 N–H and O–H groups in total. The smallest absolute Gasteiger partial charge is 0.339 e. The van der Waals surface area contributed by atoms with Gasteiger partial charge in [-0.25, -0.2) is 9.78 Å². The highest BCUT2D eigenvalue weighted by atomic mass is 16.5. The Kier molecular flexibility index (Phi) is 5.23. The van der Waals surface area contributed by atoms with Crippen LogP contribution in [0.2, 0.25) is 0 Å². The predicted molar refractivity (Wildman–Crippen MR) is 86.2 cm³/mol. The number of carboxylic acids is 1. The summed E-state index contributed by atoms with van der Waals surface area (Å²) in [6.07, 6.45) is 1.46. The number of hydrogen-bond acceptors (Lipinski definition) is 5. The van der Waals surface area contributed by atoms with Crippen LogP contribution in [0.15, 0.2) is 28.8 Å². The second-order valence-electron chi connectivity index (χ2n) is 5.70. The van der Waals surface area contributed by atoms with E-state index in [1.165, 1.54) is 17.2 Å². The number of aryl methyl sites for hydroxylation is 1. The molecule has 0 saturated carbocycles. The molecule has 2 aromatic heterocycles. The quantitative estimate of drug-likeness (QED) is 0.874. The molecule has 2 rings (SSSR count). The number of carbonyl (C=O) groups is 2. The van der Waals surface area contributed by atoms with Crippen LogP contribution in [0.5, 0.6) is 5.88 Å². The van der Waals surface area contributed by atoms with Gasteiger partial charge in [0.05, 0.1) is 18.2 Å². The second-order valence-corrected chi connectivity index (χ2v) is 5.70. The highest BCUT2D eigenvalue weighted by Crippen LogP contribution is 2.17. The third-order valence-electron chi connectivity index (χ3n) is 3.28. The SMILES string of the molecule is Cc1oc(CN(C)C(=O)c2ccc(OC(C)C)nc2)cc1C(=O)O. The average molecular weight is 332 g/mol. The first-order chi connectivity index (χ1) is 11.3. The Morgan fingerprint density at radius 2 is 2.08 bits per heavy atom. The Morgan fingerprint density at radius 3 is 2.58 bits per heavy atom. The van der Waals surface area contributed by atoms with Crippen molar-refractivity contribution in [2.75, 3.05) is 7.05 Å². The predicted octanol–water partition coefficient (Wildman–Crippen LogP) is 2.74. The number of nitrogens with zero attached hydrogens (tertiary/aromatic N) is 2. The molecule has 1 amide bonds. The summed E-state index contributed by atoms with van der Waals surface area (Å²) in [7, 11) is 1.61. The van der Waals surface area contributed by atoms with Gasteiger partial charge in [-0.2, -0.15) is 0 Å². The van der Waals surface area contributed by atoms with Crippen molar-refractivity contribution in [3.8, 4) is 5.88 Å². The normalized spacial score (nSPS) is 10.7. The fourth-order valence-corrected chi connectivity index (χ4v) is 2.18. The molecular formula is C17H20N2O5. The van der Waals surface area contributed by atoms with Crippen molar-refractivity contribution < 1.29 is 23.8 Å². The van der Waals surface area contributed by atoms with E-state index < -0.39 is 5.97 Å². The van der Waals surface area contributed by atoms with Gasteiger partial charge in [0.25, 0.3) is 5.91 Å². The van der Waals surface area contributed by atoms with Crippen LogP contribution in [0.1, 0.15) is 46.1 Å². The van der Waals surface area contributed by atoms with Crippen LogP contribution in [0.3, 0.4) is 0 Å². The molecule has 0 atom stereocenters. The molecule has 0 aliphatic heterocycles. The molecule has 0 saturated heterocycles. The first-order valence-corrected chi connectivity index (χ1v) is 7.48. The summed E-state index contributed by atoms with van der Waals surface area (Å²) in [6.45, 7) is 5.53. The minimum atomic E-state index is -1.05. The number of rotatable bonds is 6. The van der Waals surface area contributed by atoms with E-state index in [0.29, 0.717) is 23.0 Å². The highest BCUT2D eigenvalue weighted by Gasteiger charge is 2.18. The minimum absolute atomic E-state index is 0.00680. The molecule has 0 bridgehead atoms. The zero-order chi connectivity index (χ0) is 17.9. The molecule has 24 heavy (non-hydrogen) atoms. The van der Waals surface area contributed by atoms with E-state index in [9.17, 15) is 9.59 Å². The summed E-state index contributed by atoms with van der Waals surface area (Å²) in [4.78, 5) is 29.0. The van der Waals surface area contributed by atoms with Gasteiger partial charge < -0.3 is 19.2 Å². The molecule has 0 spiro atoms. The standard InChI is InChI=1S/C17H20N2O5/c1-10(2)23-15-6-5-12(8-18-15)16(20)19(4)9-13-7-14(17(21)22)11(3)24-13/h5-8,10H,9H2,1-4H3,(H,21,22). The number of aromatic nitrogens is 1. The minimum Gasteiger partial charge on any atom is -0.478 e. The van der Waals surface area contributed by atoms with Gasteiger partial charge in [0.15, 0.2) is 0 Å². The number of carbonyl (C=O) groups excluding carboxylic acids is 1. The highest BCUT2D eigenvalue weighted by molar-refractivity contribution is 5.93. The summed E-state index contributed by atoms with van der Waals surface area (Å²) >= 11 is 0. The summed E-state index contributed by atoms with van der Waals surface area (Å²) in [5.74, 6) is -0.119. The largest absolute Gasteiger partial charge is 0.478 e. The number of carboxylic acid groups (broad SMARTS) is 1. The number of amides is 1. The molecule has 0 aromatic carbocycles. The summed E-state index contributed by atoms with van der Waals surface area (Å²) in [5, 5.41) is 9.03. The maximum absolute atomic E-state index is 12.4. The van der Waals surface area contributed by atoms with Crippen molar-refractivity contribution in [2.24, 2.45) is 0 Å². The Labute approximate surface area is 139 Å². The lowest BCUT2D eigenvalue weighted by molar-refractivity contribution is 0.0694. The lowest BCUT2D eigenvalue weighted by Crippen LogP contribution is -2.26. The average Bonchev–Trinajstić information content (AvgIpc) is 2.87. The van der Waals surface area contributed by atoms with Gasteiger partial charge in [-0.1, -0.05) is 0 Å². The van der Waals surface area contributed by atoms with Crippen molar-refractivity contribution in [1.82, 2.24) is 9.88 Å². The molecule has 0 fully saturated rings. The molecule has 0 radical (unpaired) electrons. The van der Waals surface area contributed by atoms with Crippen molar-refractivity contribution >= 4 is 11.9 Å². The van der Waals surface area contributed by atoms with Gasteiger partial charge in [0, 0.05) is 19.3 Å². The summed E-state index contributed by atoms with van der Waals surface area (Å²) in [5.41, 5.74) is 0.512. The van der Waals surface area contributed by atoms with Gasteiger partial charge >= 0.3 is 5.97 Å². The Morgan fingerprint density at radius 1 is 1.38 bits per heavy atom. The van der Waals surface area contributed by atoms with Crippen molar-refractivity contribution in [1.29, 1.82) is 0 Å². The fraction of sp³-hybridized carbons (Fsp3) is 0.353. The van der Waals surface area contributed by atoms with Crippen LogP contribution in [-0.2, 0) is 6.54 Å². The number of ether oxygens (including phenoxy) is 1. The molecule has 0 unspecified atom stereocenters. The van der Waals surface area contributed by atoms with Crippen LogP contribution in [0, 0.1) is 6.92 Å². The summed E-state index contributed by atoms with van der Waals surface area (Å²) in [6, 6.07) is 4.71. The van der Waals surface area contributed by atoms with Crippen LogP contribution in [0.25, 0.3) is 0 Å².